The first-order valence-corrected chi connectivity index (χ1v) is 5.68. The smallest absolute Gasteiger partial charge is 0.346 e. The number of carbonyl (C=O) groups excluding carboxylic acids is 2. The van der Waals surface area contributed by atoms with Crippen LogP contribution in [0.5, 0.6) is 0 Å². The summed E-state index contributed by atoms with van der Waals surface area (Å²) in [7, 11) is 0. The van der Waals surface area contributed by atoms with Gasteiger partial charge in [-0.05, 0) is 38.8 Å². The Bertz CT molecular complexity index is 568. The number of aryl methyl sites for hydroxylation is 1. The topological polar surface area (TPSA) is 56.5 Å². The molecule has 2 heterocycles. The fourth-order valence-corrected chi connectivity index (χ4v) is 1.90. The number of ether oxygens (including phenoxy) is 1. The Morgan fingerprint density at radius 3 is 2.56 bits per heavy atom. The van der Waals surface area contributed by atoms with Crippen LogP contribution >= 0.6 is 0 Å². The summed E-state index contributed by atoms with van der Waals surface area (Å²) in [6.07, 6.45) is 3.85. The molecule has 0 amide bonds. The van der Waals surface area contributed by atoms with E-state index in [2.05, 4.69) is 4.74 Å². The molecule has 1 fully saturated rings. The second-order valence-electron chi connectivity index (χ2n) is 4.38. The van der Waals surface area contributed by atoms with Gasteiger partial charge in [-0.3, -0.25) is 0 Å². The van der Waals surface area contributed by atoms with Crippen molar-refractivity contribution in [3.8, 4) is 0 Å². The van der Waals surface area contributed by atoms with Crippen LogP contribution in [-0.2, 0) is 20.7 Å². The lowest BCUT2D eigenvalue weighted by Crippen LogP contribution is -1.97. The van der Waals surface area contributed by atoms with E-state index >= 15 is 0 Å². The first-order valence-electron chi connectivity index (χ1n) is 5.68. The van der Waals surface area contributed by atoms with Gasteiger partial charge < -0.3 is 9.15 Å². The molecular formula is C14H14O4. The molecule has 1 saturated heterocycles. The third-order valence-electron chi connectivity index (χ3n) is 2.87. The molecule has 0 radical (unpaired) electrons. The van der Waals surface area contributed by atoms with Gasteiger partial charge in [-0.1, -0.05) is 11.6 Å². The van der Waals surface area contributed by atoms with E-state index in [0.29, 0.717) is 17.6 Å². The Balaban J connectivity index is 2.32. The highest BCUT2D eigenvalue weighted by atomic mass is 16.6. The van der Waals surface area contributed by atoms with Crippen molar-refractivity contribution in [1.29, 1.82) is 0 Å². The van der Waals surface area contributed by atoms with Crippen LogP contribution < -0.4 is 0 Å². The van der Waals surface area contributed by atoms with Crippen molar-refractivity contribution in [2.45, 2.75) is 27.2 Å². The molecule has 0 atom stereocenters. The molecule has 94 valence electrons. The second kappa shape index (κ2) is 4.64. The number of furan rings is 1. The normalized spacial score (nSPS) is 17.5. The molecule has 0 spiro atoms. The molecule has 1 aromatic rings. The van der Waals surface area contributed by atoms with Crippen molar-refractivity contribution in [1.82, 2.24) is 0 Å². The molecule has 1 aromatic heterocycles. The standard InChI is InChI=1S/C14H14O4/c1-8(2)12-11(13(15)18-14(12)16)5-4-10-6-7-17-9(10)3/h5-7H,4H2,1-3H3/b11-5+. The van der Waals surface area contributed by atoms with Gasteiger partial charge in [-0.2, -0.15) is 0 Å². The van der Waals surface area contributed by atoms with Gasteiger partial charge in [-0.15, -0.1) is 0 Å². The zero-order valence-corrected chi connectivity index (χ0v) is 10.6. The summed E-state index contributed by atoms with van der Waals surface area (Å²) in [4.78, 5) is 23.1. The summed E-state index contributed by atoms with van der Waals surface area (Å²) in [6.45, 7) is 5.42. The predicted molar refractivity (Wildman–Crippen MR) is 64.7 cm³/mol. The highest BCUT2D eigenvalue weighted by Gasteiger charge is 2.33. The lowest BCUT2D eigenvalue weighted by atomic mass is 10.0. The molecular weight excluding hydrogens is 232 g/mol. The number of allylic oxidation sites excluding steroid dienone is 2. The average molecular weight is 246 g/mol. The fraction of sp³-hybridized carbons (Fsp3) is 0.286. The quantitative estimate of drug-likeness (QED) is 0.457. The highest BCUT2D eigenvalue weighted by molar-refractivity contribution is 6.18. The summed E-state index contributed by atoms with van der Waals surface area (Å²) < 4.78 is 9.80. The summed E-state index contributed by atoms with van der Waals surface area (Å²) >= 11 is 0. The predicted octanol–water partition coefficient (Wildman–Crippen LogP) is 2.48. The summed E-state index contributed by atoms with van der Waals surface area (Å²) in [6, 6.07) is 1.84. The van der Waals surface area contributed by atoms with E-state index in [1.807, 2.05) is 13.0 Å². The Kier molecular flexibility index (Phi) is 3.19. The molecule has 0 bridgehead atoms. The molecule has 0 saturated carbocycles. The zero-order valence-electron chi connectivity index (χ0n) is 10.6. The molecule has 1 aliphatic heterocycles. The van der Waals surface area contributed by atoms with E-state index in [-0.39, 0.29) is 0 Å². The van der Waals surface area contributed by atoms with E-state index < -0.39 is 11.9 Å². The molecule has 18 heavy (non-hydrogen) atoms. The van der Waals surface area contributed by atoms with Crippen molar-refractivity contribution in [3.63, 3.8) is 0 Å². The van der Waals surface area contributed by atoms with Crippen molar-refractivity contribution < 1.29 is 18.7 Å². The monoisotopic (exact) mass is 246 g/mol. The first-order chi connectivity index (χ1) is 8.50. The molecule has 0 unspecified atom stereocenters. The third-order valence-corrected chi connectivity index (χ3v) is 2.87. The number of esters is 2. The fourth-order valence-electron chi connectivity index (χ4n) is 1.90. The van der Waals surface area contributed by atoms with Crippen LogP contribution in [0.3, 0.4) is 0 Å². The third kappa shape index (κ3) is 2.14. The van der Waals surface area contributed by atoms with Crippen molar-refractivity contribution in [2.75, 3.05) is 0 Å². The Hall–Kier alpha value is -2.10. The minimum Gasteiger partial charge on any atom is -0.469 e. The molecule has 4 heteroatoms. The maximum Gasteiger partial charge on any atom is 0.346 e. The first kappa shape index (κ1) is 12.4. The number of cyclic esters (lactones) is 2. The van der Waals surface area contributed by atoms with Crippen molar-refractivity contribution >= 4 is 11.9 Å². The largest absolute Gasteiger partial charge is 0.469 e. The molecule has 1 aliphatic rings. The van der Waals surface area contributed by atoms with Gasteiger partial charge in [0.2, 0.25) is 0 Å². The Labute approximate surface area is 105 Å². The van der Waals surface area contributed by atoms with E-state index in [4.69, 9.17) is 4.42 Å². The lowest BCUT2D eigenvalue weighted by molar-refractivity contribution is -0.149. The van der Waals surface area contributed by atoms with E-state index in [0.717, 1.165) is 16.9 Å². The van der Waals surface area contributed by atoms with Crippen LogP contribution in [0.2, 0.25) is 0 Å². The van der Waals surface area contributed by atoms with Gasteiger partial charge in [-0.25, -0.2) is 9.59 Å². The van der Waals surface area contributed by atoms with Crippen LogP contribution in [0.4, 0.5) is 0 Å². The van der Waals surface area contributed by atoms with Crippen LogP contribution in [0, 0.1) is 6.92 Å². The van der Waals surface area contributed by atoms with E-state index in [1.165, 1.54) is 0 Å². The van der Waals surface area contributed by atoms with Gasteiger partial charge in [0.1, 0.15) is 5.76 Å². The number of carbonyl (C=O) groups is 2. The summed E-state index contributed by atoms with van der Waals surface area (Å²) in [5.74, 6) is -0.323. The number of hydrogen-bond donors (Lipinski definition) is 0. The summed E-state index contributed by atoms with van der Waals surface area (Å²) in [5, 5.41) is 0. The zero-order chi connectivity index (χ0) is 13.3. The summed E-state index contributed by atoms with van der Waals surface area (Å²) in [5.41, 5.74) is 2.49. The van der Waals surface area contributed by atoms with Crippen molar-refractivity contribution in [2.24, 2.45) is 0 Å². The second-order valence-corrected chi connectivity index (χ2v) is 4.38. The van der Waals surface area contributed by atoms with Crippen LogP contribution in [0.15, 0.2) is 39.5 Å². The van der Waals surface area contributed by atoms with E-state index in [1.54, 1.807) is 26.2 Å². The van der Waals surface area contributed by atoms with Gasteiger partial charge in [0.05, 0.1) is 17.4 Å². The molecule has 0 aliphatic carbocycles. The maximum atomic E-state index is 11.6. The lowest BCUT2D eigenvalue weighted by Gasteiger charge is -1.97. The minimum absolute atomic E-state index is 0.348. The van der Waals surface area contributed by atoms with Gasteiger partial charge in [0, 0.05) is 0 Å². The van der Waals surface area contributed by atoms with Gasteiger partial charge in [0.15, 0.2) is 0 Å². The van der Waals surface area contributed by atoms with Crippen molar-refractivity contribution in [3.05, 3.63) is 46.4 Å². The Morgan fingerprint density at radius 1 is 1.28 bits per heavy atom. The maximum absolute atomic E-state index is 11.6. The number of hydrogen-bond acceptors (Lipinski definition) is 4. The van der Waals surface area contributed by atoms with Crippen LogP contribution in [0.1, 0.15) is 25.2 Å². The van der Waals surface area contributed by atoms with Gasteiger partial charge in [0.25, 0.3) is 0 Å². The number of rotatable bonds is 2. The highest BCUT2D eigenvalue weighted by Crippen LogP contribution is 2.26. The minimum atomic E-state index is -0.572. The molecule has 2 rings (SSSR count). The average Bonchev–Trinajstić information content (AvgIpc) is 2.79. The molecule has 4 nitrogen and oxygen atoms in total. The Morgan fingerprint density at radius 2 is 2.00 bits per heavy atom. The van der Waals surface area contributed by atoms with Crippen LogP contribution in [-0.4, -0.2) is 11.9 Å². The van der Waals surface area contributed by atoms with Gasteiger partial charge >= 0.3 is 11.9 Å². The van der Waals surface area contributed by atoms with E-state index in [9.17, 15) is 9.59 Å². The molecule has 0 N–H and O–H groups in total. The molecule has 0 aromatic carbocycles. The van der Waals surface area contributed by atoms with Crippen LogP contribution in [0.25, 0.3) is 0 Å². The SMILES string of the molecule is CC(C)=C1C(=O)OC(=O)/C1=C/Cc1ccoc1C.